The number of benzene rings is 1. The minimum absolute atomic E-state index is 0.0358. The third-order valence-corrected chi connectivity index (χ3v) is 4.72. The van der Waals surface area contributed by atoms with Crippen molar-refractivity contribution in [2.45, 2.75) is 5.37 Å². The number of rotatable bonds is 3. The van der Waals surface area contributed by atoms with E-state index in [9.17, 15) is 4.79 Å². The van der Waals surface area contributed by atoms with Crippen molar-refractivity contribution in [2.24, 2.45) is 0 Å². The topological polar surface area (TPSA) is 55.3 Å². The van der Waals surface area contributed by atoms with E-state index in [1.807, 2.05) is 24.3 Å². The van der Waals surface area contributed by atoms with E-state index in [4.69, 9.17) is 4.74 Å². The Bertz CT molecular complexity index is 571. The number of hydrogen-bond donors (Lipinski definition) is 0. The summed E-state index contributed by atoms with van der Waals surface area (Å²) in [5, 5.41) is 8.41. The van der Waals surface area contributed by atoms with Crippen LogP contribution in [0.15, 0.2) is 29.8 Å². The van der Waals surface area contributed by atoms with Gasteiger partial charge in [0.2, 0.25) is 11.0 Å². The zero-order valence-corrected chi connectivity index (χ0v) is 11.8. The lowest BCUT2D eigenvalue weighted by Crippen LogP contribution is -2.27. The van der Waals surface area contributed by atoms with Crippen LogP contribution in [0.5, 0.6) is 5.75 Å². The molecule has 0 spiro atoms. The fraction of sp³-hybridized carbons (Fsp3) is 0.250. The van der Waals surface area contributed by atoms with Gasteiger partial charge in [0.15, 0.2) is 0 Å². The van der Waals surface area contributed by atoms with Gasteiger partial charge in [-0.25, -0.2) is 0 Å². The van der Waals surface area contributed by atoms with Gasteiger partial charge in [-0.05, 0) is 17.7 Å². The van der Waals surface area contributed by atoms with Crippen LogP contribution < -0.4 is 9.64 Å². The van der Waals surface area contributed by atoms with Gasteiger partial charge in [-0.1, -0.05) is 23.5 Å². The molecule has 0 aliphatic carbocycles. The second-order valence-corrected chi connectivity index (χ2v) is 5.80. The van der Waals surface area contributed by atoms with Crippen LogP contribution in [0.2, 0.25) is 0 Å². The maximum Gasteiger partial charge on any atom is 0.240 e. The second kappa shape index (κ2) is 5.18. The van der Waals surface area contributed by atoms with Crippen molar-refractivity contribution < 1.29 is 9.53 Å². The Morgan fingerprint density at radius 2 is 2.16 bits per heavy atom. The summed E-state index contributed by atoms with van der Waals surface area (Å²) in [5.41, 5.74) is 2.70. The molecule has 0 saturated carbocycles. The standard InChI is InChI=1S/C12H11N3O2S2/c1-17-9-4-2-8(3-5-9)11-15(10(16)6-18-11)12-14-13-7-19-12/h2-5,7,11H,6H2,1H3/t11-/m0/s1. The Balaban J connectivity index is 1.92. The van der Waals surface area contributed by atoms with Gasteiger partial charge in [-0.2, -0.15) is 0 Å². The predicted molar refractivity (Wildman–Crippen MR) is 75.6 cm³/mol. The van der Waals surface area contributed by atoms with Gasteiger partial charge in [0, 0.05) is 0 Å². The van der Waals surface area contributed by atoms with E-state index < -0.39 is 0 Å². The third kappa shape index (κ3) is 2.31. The molecule has 3 rings (SSSR count). The number of carbonyl (C=O) groups is 1. The lowest BCUT2D eigenvalue weighted by atomic mass is 10.2. The number of amides is 1. The molecule has 0 radical (unpaired) electrons. The molecule has 0 unspecified atom stereocenters. The highest BCUT2D eigenvalue weighted by atomic mass is 32.2. The zero-order chi connectivity index (χ0) is 13.2. The van der Waals surface area contributed by atoms with Gasteiger partial charge in [0.25, 0.3) is 0 Å². The Kier molecular flexibility index (Phi) is 3.39. The lowest BCUT2D eigenvalue weighted by molar-refractivity contribution is -0.115. The van der Waals surface area contributed by atoms with Crippen molar-refractivity contribution in [2.75, 3.05) is 17.8 Å². The Morgan fingerprint density at radius 1 is 1.37 bits per heavy atom. The molecule has 1 atom stereocenters. The van der Waals surface area contributed by atoms with Crippen molar-refractivity contribution in [3.8, 4) is 5.75 Å². The Labute approximate surface area is 118 Å². The SMILES string of the molecule is COc1ccc([C@@H]2SCC(=O)N2c2nncs2)cc1. The fourth-order valence-corrected chi connectivity index (χ4v) is 3.74. The summed E-state index contributed by atoms with van der Waals surface area (Å²) in [5.74, 6) is 1.35. The molecule has 0 bridgehead atoms. The van der Waals surface area contributed by atoms with Crippen molar-refractivity contribution in [3.63, 3.8) is 0 Å². The van der Waals surface area contributed by atoms with E-state index in [2.05, 4.69) is 10.2 Å². The molecule has 2 heterocycles. The summed E-state index contributed by atoms with van der Waals surface area (Å²) in [6.45, 7) is 0. The number of anilines is 1. The number of hydrogen-bond acceptors (Lipinski definition) is 6. The number of aromatic nitrogens is 2. The number of methoxy groups -OCH3 is 1. The molecule has 0 N–H and O–H groups in total. The Morgan fingerprint density at radius 3 is 2.79 bits per heavy atom. The van der Waals surface area contributed by atoms with Crippen LogP contribution in [-0.4, -0.2) is 29.0 Å². The first-order valence-corrected chi connectivity index (χ1v) is 7.56. The maximum absolute atomic E-state index is 12.0. The minimum atomic E-state index is -0.0358. The first-order valence-electron chi connectivity index (χ1n) is 5.63. The van der Waals surface area contributed by atoms with Gasteiger partial charge in [-0.3, -0.25) is 9.69 Å². The van der Waals surface area contributed by atoms with Gasteiger partial charge in [0.05, 0.1) is 12.9 Å². The van der Waals surface area contributed by atoms with Crippen LogP contribution in [0.25, 0.3) is 0 Å². The molecule has 19 heavy (non-hydrogen) atoms. The summed E-state index contributed by atoms with van der Waals surface area (Å²) in [6.07, 6.45) is 0. The molecule has 1 aromatic carbocycles. The van der Waals surface area contributed by atoms with E-state index in [0.29, 0.717) is 10.9 Å². The first-order chi connectivity index (χ1) is 9.29. The predicted octanol–water partition coefficient (Wildman–Crippen LogP) is 2.33. The maximum atomic E-state index is 12.0. The molecule has 2 aromatic rings. The Hall–Kier alpha value is -1.60. The summed E-state index contributed by atoms with van der Waals surface area (Å²) < 4.78 is 5.14. The molecule has 1 aliphatic rings. The molecule has 1 saturated heterocycles. The van der Waals surface area contributed by atoms with Crippen LogP contribution >= 0.6 is 23.1 Å². The first kappa shape index (κ1) is 12.4. The van der Waals surface area contributed by atoms with Crippen LogP contribution in [0, 0.1) is 0 Å². The van der Waals surface area contributed by atoms with Crippen molar-refractivity contribution in [3.05, 3.63) is 35.3 Å². The molecule has 98 valence electrons. The van der Waals surface area contributed by atoms with Crippen LogP contribution in [-0.2, 0) is 4.79 Å². The number of nitrogens with zero attached hydrogens (tertiary/aromatic N) is 3. The number of ether oxygens (including phenoxy) is 1. The summed E-state index contributed by atoms with van der Waals surface area (Å²) in [4.78, 5) is 13.7. The normalized spacial score (nSPS) is 18.9. The molecular weight excluding hydrogens is 282 g/mol. The van der Waals surface area contributed by atoms with Gasteiger partial charge in [-0.15, -0.1) is 22.0 Å². The lowest BCUT2D eigenvalue weighted by Gasteiger charge is -2.21. The zero-order valence-electron chi connectivity index (χ0n) is 10.1. The molecule has 1 aromatic heterocycles. The summed E-state index contributed by atoms with van der Waals surface area (Å²) >= 11 is 2.97. The van der Waals surface area contributed by atoms with Crippen molar-refractivity contribution in [1.82, 2.24) is 10.2 Å². The quantitative estimate of drug-likeness (QED) is 0.869. The molecular formula is C12H11N3O2S2. The molecule has 7 heteroatoms. The average molecular weight is 293 g/mol. The molecule has 1 aliphatic heterocycles. The number of carbonyl (C=O) groups excluding carboxylic acids is 1. The highest BCUT2D eigenvalue weighted by molar-refractivity contribution is 8.00. The average Bonchev–Trinajstić information content (AvgIpc) is 3.08. The smallest absolute Gasteiger partial charge is 0.240 e. The van der Waals surface area contributed by atoms with E-state index in [-0.39, 0.29) is 11.3 Å². The van der Waals surface area contributed by atoms with Crippen molar-refractivity contribution >= 4 is 34.1 Å². The second-order valence-electron chi connectivity index (χ2n) is 3.92. The van der Waals surface area contributed by atoms with E-state index >= 15 is 0 Å². The van der Waals surface area contributed by atoms with Gasteiger partial charge in [0.1, 0.15) is 16.6 Å². The highest BCUT2D eigenvalue weighted by Gasteiger charge is 2.35. The number of thioether (sulfide) groups is 1. The fourth-order valence-electron chi connectivity index (χ4n) is 1.92. The van der Waals surface area contributed by atoms with E-state index in [0.717, 1.165) is 11.3 Å². The van der Waals surface area contributed by atoms with Gasteiger partial charge < -0.3 is 4.74 Å². The minimum Gasteiger partial charge on any atom is -0.497 e. The van der Waals surface area contributed by atoms with Crippen LogP contribution in [0.3, 0.4) is 0 Å². The molecule has 1 amide bonds. The summed E-state index contributed by atoms with van der Waals surface area (Å²) in [7, 11) is 1.64. The van der Waals surface area contributed by atoms with Crippen molar-refractivity contribution in [1.29, 1.82) is 0 Å². The van der Waals surface area contributed by atoms with Crippen LogP contribution in [0.1, 0.15) is 10.9 Å². The van der Waals surface area contributed by atoms with Gasteiger partial charge >= 0.3 is 0 Å². The van der Waals surface area contributed by atoms with E-state index in [1.54, 1.807) is 29.3 Å². The summed E-state index contributed by atoms with van der Waals surface area (Å²) in [6, 6.07) is 7.75. The molecule has 5 nitrogen and oxygen atoms in total. The molecule has 1 fully saturated rings. The largest absolute Gasteiger partial charge is 0.497 e. The monoisotopic (exact) mass is 293 g/mol. The van der Waals surface area contributed by atoms with Crippen LogP contribution in [0.4, 0.5) is 5.13 Å². The van der Waals surface area contributed by atoms with E-state index in [1.165, 1.54) is 11.3 Å². The third-order valence-electron chi connectivity index (χ3n) is 2.82. The highest BCUT2D eigenvalue weighted by Crippen LogP contribution is 2.42.